The Hall–Kier alpha value is -1.16. The molecule has 0 amide bonds. The molecule has 0 aliphatic heterocycles. The highest BCUT2D eigenvalue weighted by Gasteiger charge is 2.06. The van der Waals surface area contributed by atoms with Crippen LogP contribution in [0.2, 0.25) is 0 Å². The maximum Gasteiger partial charge on any atom is 0.129 e. The number of hydrogen-bond acceptors (Lipinski definition) is 1. The average molecular weight is 255 g/mol. The Kier molecular flexibility index (Phi) is 2.63. The summed E-state index contributed by atoms with van der Waals surface area (Å²) >= 11 is 3.32. The van der Waals surface area contributed by atoms with Gasteiger partial charge in [-0.15, -0.1) is 0 Å². The van der Waals surface area contributed by atoms with Crippen LogP contribution in [0.15, 0.2) is 41.4 Å². The molecule has 0 radical (unpaired) electrons. The van der Waals surface area contributed by atoms with E-state index in [9.17, 15) is 4.39 Å². The van der Waals surface area contributed by atoms with Gasteiger partial charge in [0.05, 0.1) is 12.9 Å². The summed E-state index contributed by atoms with van der Waals surface area (Å²) in [6, 6.07) is 4.96. The van der Waals surface area contributed by atoms with Crippen molar-refractivity contribution in [3.8, 4) is 0 Å². The van der Waals surface area contributed by atoms with Gasteiger partial charge in [-0.3, -0.25) is 0 Å². The first-order valence-electron chi connectivity index (χ1n) is 4.16. The molecule has 2 aromatic rings. The second-order valence-electron chi connectivity index (χ2n) is 2.94. The van der Waals surface area contributed by atoms with Gasteiger partial charge in [-0.05, 0) is 12.1 Å². The highest BCUT2D eigenvalue weighted by Crippen LogP contribution is 2.20. The maximum absolute atomic E-state index is 13.4. The van der Waals surface area contributed by atoms with E-state index >= 15 is 0 Å². The molecule has 4 heteroatoms. The van der Waals surface area contributed by atoms with E-state index in [1.54, 1.807) is 24.8 Å². The zero-order valence-electron chi connectivity index (χ0n) is 7.32. The standard InChI is InChI=1S/C10H8BrFN2/c11-9-2-1-3-10(12)8(9)6-14-5-4-13-7-14/h1-5,7H,6H2. The average Bonchev–Trinajstić information content (AvgIpc) is 2.64. The zero-order chi connectivity index (χ0) is 9.97. The number of rotatable bonds is 2. The molecule has 0 bridgehead atoms. The Labute approximate surface area is 89.5 Å². The third-order valence-corrected chi connectivity index (χ3v) is 2.70. The van der Waals surface area contributed by atoms with Crippen molar-refractivity contribution in [3.63, 3.8) is 0 Å². The second-order valence-corrected chi connectivity index (χ2v) is 3.79. The summed E-state index contributed by atoms with van der Waals surface area (Å²) in [6.07, 6.45) is 5.15. The van der Waals surface area contributed by atoms with Crippen molar-refractivity contribution in [1.82, 2.24) is 9.55 Å². The van der Waals surface area contributed by atoms with E-state index in [1.165, 1.54) is 6.07 Å². The summed E-state index contributed by atoms with van der Waals surface area (Å²) in [5.74, 6) is -0.201. The van der Waals surface area contributed by atoms with E-state index in [2.05, 4.69) is 20.9 Å². The lowest BCUT2D eigenvalue weighted by molar-refractivity contribution is 0.597. The van der Waals surface area contributed by atoms with Gasteiger partial charge in [0.2, 0.25) is 0 Å². The summed E-state index contributed by atoms with van der Waals surface area (Å²) in [5, 5.41) is 0. The number of hydrogen-bond donors (Lipinski definition) is 0. The summed E-state index contributed by atoms with van der Waals surface area (Å²) in [5.41, 5.74) is 0.644. The number of aromatic nitrogens is 2. The van der Waals surface area contributed by atoms with Gasteiger partial charge in [0.1, 0.15) is 5.82 Å². The minimum Gasteiger partial charge on any atom is -0.333 e. The molecule has 1 aromatic heterocycles. The Morgan fingerprint density at radius 1 is 1.43 bits per heavy atom. The molecule has 0 spiro atoms. The third kappa shape index (κ3) is 1.85. The summed E-state index contributed by atoms with van der Waals surface area (Å²) < 4.78 is 16.0. The molecule has 14 heavy (non-hydrogen) atoms. The molecular formula is C10H8BrFN2. The van der Waals surface area contributed by atoms with Crippen molar-refractivity contribution in [3.05, 3.63) is 52.8 Å². The van der Waals surface area contributed by atoms with Crippen LogP contribution in [0, 0.1) is 5.82 Å². The first-order chi connectivity index (χ1) is 6.77. The second kappa shape index (κ2) is 3.92. The van der Waals surface area contributed by atoms with Crippen LogP contribution < -0.4 is 0 Å². The van der Waals surface area contributed by atoms with Crippen LogP contribution in [-0.4, -0.2) is 9.55 Å². The smallest absolute Gasteiger partial charge is 0.129 e. The Morgan fingerprint density at radius 2 is 2.29 bits per heavy atom. The molecule has 0 fully saturated rings. The van der Waals surface area contributed by atoms with Crippen molar-refractivity contribution in [2.75, 3.05) is 0 Å². The molecule has 0 atom stereocenters. The van der Waals surface area contributed by atoms with E-state index in [-0.39, 0.29) is 5.82 Å². The lowest BCUT2D eigenvalue weighted by Crippen LogP contribution is -2.00. The van der Waals surface area contributed by atoms with Gasteiger partial charge in [0, 0.05) is 22.4 Å². The highest BCUT2D eigenvalue weighted by molar-refractivity contribution is 9.10. The van der Waals surface area contributed by atoms with Gasteiger partial charge < -0.3 is 4.57 Å². The van der Waals surface area contributed by atoms with E-state index in [0.29, 0.717) is 12.1 Å². The molecule has 0 aliphatic carbocycles. The summed E-state index contributed by atoms with van der Waals surface area (Å²) in [4.78, 5) is 3.90. The van der Waals surface area contributed by atoms with Crippen LogP contribution in [0.25, 0.3) is 0 Å². The van der Waals surface area contributed by atoms with Gasteiger partial charge in [0.25, 0.3) is 0 Å². The van der Waals surface area contributed by atoms with Gasteiger partial charge in [-0.1, -0.05) is 22.0 Å². The Morgan fingerprint density at radius 3 is 2.93 bits per heavy atom. The van der Waals surface area contributed by atoms with E-state index in [0.717, 1.165) is 4.47 Å². The molecule has 72 valence electrons. The normalized spacial score (nSPS) is 10.4. The van der Waals surface area contributed by atoms with Crippen LogP contribution in [0.5, 0.6) is 0 Å². The zero-order valence-corrected chi connectivity index (χ0v) is 8.91. The first kappa shape index (κ1) is 9.40. The van der Waals surface area contributed by atoms with Crippen molar-refractivity contribution >= 4 is 15.9 Å². The van der Waals surface area contributed by atoms with E-state index in [4.69, 9.17) is 0 Å². The fourth-order valence-electron chi connectivity index (χ4n) is 1.25. The maximum atomic E-state index is 13.4. The molecule has 0 saturated carbocycles. The lowest BCUT2D eigenvalue weighted by Gasteiger charge is -2.06. The van der Waals surface area contributed by atoms with Crippen LogP contribution in [0.3, 0.4) is 0 Å². The van der Waals surface area contributed by atoms with Crippen LogP contribution in [-0.2, 0) is 6.54 Å². The van der Waals surface area contributed by atoms with Gasteiger partial charge >= 0.3 is 0 Å². The summed E-state index contributed by atoms with van der Waals surface area (Å²) in [7, 11) is 0. The van der Waals surface area contributed by atoms with Crippen molar-refractivity contribution < 1.29 is 4.39 Å². The highest BCUT2D eigenvalue weighted by atomic mass is 79.9. The number of halogens is 2. The fourth-order valence-corrected chi connectivity index (χ4v) is 1.71. The number of imidazole rings is 1. The van der Waals surface area contributed by atoms with Crippen LogP contribution in [0.1, 0.15) is 5.56 Å². The number of nitrogens with zero attached hydrogens (tertiary/aromatic N) is 2. The Balaban J connectivity index is 2.33. The lowest BCUT2D eigenvalue weighted by atomic mass is 10.2. The van der Waals surface area contributed by atoms with Gasteiger partial charge in [0.15, 0.2) is 0 Å². The molecule has 0 N–H and O–H groups in total. The molecule has 1 aromatic carbocycles. The van der Waals surface area contributed by atoms with Crippen LogP contribution >= 0.6 is 15.9 Å². The van der Waals surface area contributed by atoms with E-state index < -0.39 is 0 Å². The van der Waals surface area contributed by atoms with Crippen molar-refractivity contribution in [2.24, 2.45) is 0 Å². The minimum absolute atomic E-state index is 0.201. The fraction of sp³-hybridized carbons (Fsp3) is 0.100. The van der Waals surface area contributed by atoms with Crippen LogP contribution in [0.4, 0.5) is 4.39 Å². The molecule has 2 rings (SSSR count). The topological polar surface area (TPSA) is 17.8 Å². The molecule has 0 saturated heterocycles. The SMILES string of the molecule is Fc1cccc(Br)c1Cn1ccnc1. The monoisotopic (exact) mass is 254 g/mol. The Bertz CT molecular complexity index is 405. The third-order valence-electron chi connectivity index (χ3n) is 1.96. The first-order valence-corrected chi connectivity index (χ1v) is 4.95. The predicted octanol–water partition coefficient (Wildman–Crippen LogP) is 2.83. The molecule has 0 aliphatic rings. The van der Waals surface area contributed by atoms with Gasteiger partial charge in [-0.25, -0.2) is 9.37 Å². The largest absolute Gasteiger partial charge is 0.333 e. The number of benzene rings is 1. The van der Waals surface area contributed by atoms with Crippen molar-refractivity contribution in [2.45, 2.75) is 6.54 Å². The predicted molar refractivity (Wildman–Crippen MR) is 55.4 cm³/mol. The minimum atomic E-state index is -0.201. The van der Waals surface area contributed by atoms with Crippen molar-refractivity contribution in [1.29, 1.82) is 0 Å². The quantitative estimate of drug-likeness (QED) is 0.806. The summed E-state index contributed by atoms with van der Waals surface area (Å²) in [6.45, 7) is 0.493. The molecular weight excluding hydrogens is 247 g/mol. The molecule has 1 heterocycles. The van der Waals surface area contributed by atoms with E-state index in [1.807, 2.05) is 10.6 Å². The van der Waals surface area contributed by atoms with Gasteiger partial charge in [-0.2, -0.15) is 0 Å². The molecule has 0 unspecified atom stereocenters. The molecule has 2 nitrogen and oxygen atoms in total.